The van der Waals surface area contributed by atoms with Gasteiger partial charge in [0.1, 0.15) is 11.4 Å². The molecule has 1 aromatic heterocycles. The van der Waals surface area contributed by atoms with E-state index in [0.29, 0.717) is 6.73 Å². The first-order valence-corrected chi connectivity index (χ1v) is 4.10. The lowest BCUT2D eigenvalue weighted by atomic mass is 10.4. The molecule has 0 aliphatic rings. The minimum absolute atomic E-state index is 0.638. The van der Waals surface area contributed by atoms with Gasteiger partial charge in [-0.05, 0) is 0 Å². The summed E-state index contributed by atoms with van der Waals surface area (Å²) >= 11 is 0. The Balaban J connectivity index is 3.18. The summed E-state index contributed by atoms with van der Waals surface area (Å²) in [7, 11) is 3.79. The van der Waals surface area contributed by atoms with Gasteiger partial charge in [-0.2, -0.15) is 0 Å². The van der Waals surface area contributed by atoms with Crippen LogP contribution in [0.5, 0.6) is 0 Å². The third kappa shape index (κ3) is 1.25. The molecule has 0 fully saturated rings. The lowest BCUT2D eigenvalue weighted by molar-refractivity contribution is -0.741. The number of rotatable bonds is 2. The molecule has 0 spiro atoms. The van der Waals surface area contributed by atoms with Crippen LogP contribution in [0, 0.1) is 20.8 Å². The van der Waals surface area contributed by atoms with Crippen LogP contribution >= 0.6 is 0 Å². The standard InChI is InChI=1S/C9H17N2O/c1-7-8(2)11(6-12-5)9(3)10(7)4/h6H2,1-5H3/q+1. The average molecular weight is 169 g/mol. The largest absolute Gasteiger partial charge is 0.345 e. The number of hydrogen-bond donors (Lipinski definition) is 0. The maximum Gasteiger partial charge on any atom is 0.255 e. The molecular weight excluding hydrogens is 152 g/mol. The molecule has 3 nitrogen and oxygen atoms in total. The Hall–Kier alpha value is -0.830. The fourth-order valence-electron chi connectivity index (χ4n) is 1.42. The normalized spacial score (nSPS) is 10.8. The average Bonchev–Trinajstić information content (AvgIpc) is 2.23. The fraction of sp³-hybridized carbons (Fsp3) is 0.667. The van der Waals surface area contributed by atoms with Crippen molar-refractivity contribution in [3.05, 3.63) is 17.2 Å². The van der Waals surface area contributed by atoms with E-state index in [9.17, 15) is 0 Å². The molecular formula is C9H17N2O+. The zero-order chi connectivity index (χ0) is 9.30. The van der Waals surface area contributed by atoms with E-state index in [4.69, 9.17) is 4.74 Å². The van der Waals surface area contributed by atoms with Crippen LogP contribution in [-0.2, 0) is 18.5 Å². The molecule has 0 aromatic carbocycles. The van der Waals surface area contributed by atoms with Gasteiger partial charge in [-0.15, -0.1) is 0 Å². The predicted octanol–water partition coefficient (Wildman–Crippen LogP) is 0.842. The molecule has 0 bridgehead atoms. The Morgan fingerprint density at radius 2 is 1.92 bits per heavy atom. The van der Waals surface area contributed by atoms with Crippen LogP contribution in [0.15, 0.2) is 0 Å². The molecule has 0 aliphatic carbocycles. The zero-order valence-electron chi connectivity index (χ0n) is 8.51. The molecule has 0 amide bonds. The van der Waals surface area contributed by atoms with Gasteiger partial charge < -0.3 is 4.74 Å². The number of nitrogens with zero attached hydrogens (tertiary/aromatic N) is 2. The van der Waals surface area contributed by atoms with Crippen LogP contribution in [0.4, 0.5) is 0 Å². The Morgan fingerprint density at radius 3 is 2.25 bits per heavy atom. The van der Waals surface area contributed by atoms with E-state index in [1.807, 2.05) is 0 Å². The summed E-state index contributed by atoms with van der Waals surface area (Å²) in [5.41, 5.74) is 2.57. The molecule has 0 N–H and O–H groups in total. The van der Waals surface area contributed by atoms with Crippen LogP contribution < -0.4 is 4.57 Å². The highest BCUT2D eigenvalue weighted by Gasteiger charge is 2.18. The summed E-state index contributed by atoms with van der Waals surface area (Å²) in [6.45, 7) is 6.97. The van der Waals surface area contributed by atoms with Gasteiger partial charge in [-0.3, -0.25) is 0 Å². The highest BCUT2D eigenvalue weighted by Crippen LogP contribution is 2.04. The maximum absolute atomic E-state index is 5.11. The molecule has 0 saturated heterocycles. The van der Waals surface area contributed by atoms with E-state index in [2.05, 4.69) is 37.0 Å². The fourth-order valence-corrected chi connectivity index (χ4v) is 1.42. The minimum Gasteiger partial charge on any atom is -0.345 e. The highest BCUT2D eigenvalue weighted by atomic mass is 16.5. The Bertz CT molecular complexity index is 264. The summed E-state index contributed by atoms with van der Waals surface area (Å²) < 4.78 is 9.44. The Morgan fingerprint density at radius 1 is 1.33 bits per heavy atom. The van der Waals surface area contributed by atoms with Crippen molar-refractivity contribution in [1.82, 2.24) is 4.57 Å². The van der Waals surface area contributed by atoms with E-state index in [-0.39, 0.29) is 0 Å². The van der Waals surface area contributed by atoms with Crippen LogP contribution in [0.3, 0.4) is 0 Å². The quantitative estimate of drug-likeness (QED) is 0.600. The van der Waals surface area contributed by atoms with Crippen molar-refractivity contribution in [2.45, 2.75) is 27.5 Å². The molecule has 1 aromatic rings. The van der Waals surface area contributed by atoms with E-state index in [0.717, 1.165) is 0 Å². The van der Waals surface area contributed by atoms with Gasteiger partial charge in [0.05, 0.1) is 7.05 Å². The minimum atomic E-state index is 0.638. The molecule has 1 rings (SSSR count). The molecule has 0 radical (unpaired) electrons. The summed E-state index contributed by atoms with van der Waals surface area (Å²) in [6.07, 6.45) is 0. The van der Waals surface area contributed by atoms with Crippen LogP contribution in [0.1, 0.15) is 17.2 Å². The van der Waals surface area contributed by atoms with Gasteiger partial charge in [0, 0.05) is 27.9 Å². The Labute approximate surface area is 73.6 Å². The summed E-state index contributed by atoms with van der Waals surface area (Å²) in [5, 5.41) is 0. The van der Waals surface area contributed by atoms with Crippen LogP contribution in [0.25, 0.3) is 0 Å². The molecule has 0 saturated carbocycles. The monoisotopic (exact) mass is 169 g/mol. The van der Waals surface area contributed by atoms with E-state index >= 15 is 0 Å². The number of aromatic nitrogens is 2. The van der Waals surface area contributed by atoms with E-state index < -0.39 is 0 Å². The SMILES string of the molecule is COC[n+]1c(C)c(C)n(C)c1C. The zero-order valence-corrected chi connectivity index (χ0v) is 8.51. The van der Waals surface area contributed by atoms with E-state index in [1.165, 1.54) is 17.2 Å². The highest BCUT2D eigenvalue weighted by molar-refractivity contribution is 5.05. The van der Waals surface area contributed by atoms with Crippen LogP contribution in [-0.4, -0.2) is 11.7 Å². The van der Waals surface area contributed by atoms with Crippen molar-refractivity contribution in [1.29, 1.82) is 0 Å². The number of hydrogen-bond acceptors (Lipinski definition) is 1. The van der Waals surface area contributed by atoms with Gasteiger partial charge in [-0.1, -0.05) is 0 Å². The lowest BCUT2D eigenvalue weighted by Gasteiger charge is -1.97. The topological polar surface area (TPSA) is 18.0 Å². The van der Waals surface area contributed by atoms with Crippen molar-refractivity contribution in [3.8, 4) is 0 Å². The third-order valence-corrected chi connectivity index (χ3v) is 2.57. The Kier molecular flexibility index (Phi) is 2.52. The van der Waals surface area contributed by atoms with Gasteiger partial charge >= 0.3 is 0 Å². The summed E-state index contributed by atoms with van der Waals surface area (Å²) in [5.74, 6) is 1.23. The summed E-state index contributed by atoms with van der Waals surface area (Å²) in [4.78, 5) is 0. The van der Waals surface area contributed by atoms with E-state index in [1.54, 1.807) is 7.11 Å². The number of imidazole rings is 1. The number of ether oxygens (including phenoxy) is 1. The van der Waals surface area contributed by atoms with Crippen molar-refractivity contribution < 1.29 is 9.30 Å². The molecule has 0 atom stereocenters. The molecule has 68 valence electrons. The van der Waals surface area contributed by atoms with Crippen molar-refractivity contribution in [2.75, 3.05) is 7.11 Å². The van der Waals surface area contributed by atoms with Gasteiger partial charge in [0.15, 0.2) is 6.73 Å². The third-order valence-electron chi connectivity index (χ3n) is 2.57. The van der Waals surface area contributed by atoms with Crippen molar-refractivity contribution in [3.63, 3.8) is 0 Å². The molecule has 0 unspecified atom stereocenters. The molecule has 0 aliphatic heterocycles. The first-order valence-electron chi connectivity index (χ1n) is 4.10. The first kappa shape index (κ1) is 9.26. The lowest BCUT2D eigenvalue weighted by Crippen LogP contribution is -2.39. The van der Waals surface area contributed by atoms with Crippen LogP contribution in [0.2, 0.25) is 0 Å². The first-order chi connectivity index (χ1) is 5.59. The summed E-state index contributed by atoms with van der Waals surface area (Å²) in [6, 6.07) is 0. The number of methoxy groups -OCH3 is 1. The van der Waals surface area contributed by atoms with Crippen molar-refractivity contribution in [2.24, 2.45) is 7.05 Å². The maximum atomic E-state index is 5.11. The second-order valence-corrected chi connectivity index (χ2v) is 3.12. The molecule has 3 heteroatoms. The molecule has 1 heterocycles. The second-order valence-electron chi connectivity index (χ2n) is 3.12. The van der Waals surface area contributed by atoms with Crippen molar-refractivity contribution >= 4 is 0 Å². The molecule has 12 heavy (non-hydrogen) atoms. The smallest absolute Gasteiger partial charge is 0.255 e. The van der Waals surface area contributed by atoms with Gasteiger partial charge in [-0.25, -0.2) is 9.13 Å². The second kappa shape index (κ2) is 3.27. The van der Waals surface area contributed by atoms with Gasteiger partial charge in [0.2, 0.25) is 0 Å². The van der Waals surface area contributed by atoms with Gasteiger partial charge in [0.25, 0.3) is 5.82 Å². The predicted molar refractivity (Wildman–Crippen MR) is 46.8 cm³/mol.